The van der Waals surface area contributed by atoms with Gasteiger partial charge in [-0.3, -0.25) is 19.2 Å². The molecule has 9 heteroatoms. The summed E-state index contributed by atoms with van der Waals surface area (Å²) < 4.78 is 0. The number of hydrogen-bond acceptors (Lipinski definition) is 5. The Balaban J connectivity index is 2.58. The number of anilines is 3. The van der Waals surface area contributed by atoms with Gasteiger partial charge in [-0.1, -0.05) is 0 Å². The van der Waals surface area contributed by atoms with Crippen LogP contribution in [0.4, 0.5) is 17.1 Å². The summed E-state index contributed by atoms with van der Waals surface area (Å²) in [5.74, 6) is -2.33. The van der Waals surface area contributed by atoms with Crippen molar-refractivity contribution in [3.05, 3.63) is 18.2 Å². The highest BCUT2D eigenvalue weighted by molar-refractivity contribution is 6.11. The predicted octanol–water partition coefficient (Wildman–Crippen LogP) is 0.975. The Kier molecular flexibility index (Phi) is 5.16. The van der Waals surface area contributed by atoms with E-state index in [2.05, 4.69) is 21.3 Å². The van der Waals surface area contributed by atoms with Gasteiger partial charge in [-0.15, -0.1) is 0 Å². The fourth-order valence-corrected chi connectivity index (χ4v) is 2.43. The second-order valence-corrected chi connectivity index (χ2v) is 8.50. The first-order valence-electron chi connectivity index (χ1n) is 8.84. The van der Waals surface area contributed by atoms with Crippen molar-refractivity contribution >= 4 is 40.7 Å². The number of nitrogens with two attached hydrogens (primary N) is 1. The van der Waals surface area contributed by atoms with Crippen LogP contribution in [0, 0.1) is 5.41 Å². The highest BCUT2D eigenvalue weighted by Crippen LogP contribution is 2.28. The summed E-state index contributed by atoms with van der Waals surface area (Å²) >= 11 is 0. The van der Waals surface area contributed by atoms with Gasteiger partial charge in [0, 0.05) is 5.69 Å². The van der Waals surface area contributed by atoms with E-state index < -0.39 is 40.1 Å². The van der Waals surface area contributed by atoms with Gasteiger partial charge in [0.25, 0.3) is 0 Å². The van der Waals surface area contributed by atoms with Gasteiger partial charge < -0.3 is 27.0 Å². The van der Waals surface area contributed by atoms with Gasteiger partial charge in [0.1, 0.15) is 16.5 Å². The largest absolute Gasteiger partial charge is 0.399 e. The van der Waals surface area contributed by atoms with E-state index in [1.165, 1.54) is 47.6 Å². The van der Waals surface area contributed by atoms with E-state index in [4.69, 9.17) is 5.73 Å². The fourth-order valence-electron chi connectivity index (χ4n) is 2.43. The molecule has 0 radical (unpaired) electrons. The van der Waals surface area contributed by atoms with Crippen LogP contribution in [0.3, 0.4) is 0 Å². The first kappa shape index (κ1) is 21.2. The first-order chi connectivity index (χ1) is 12.7. The Hall–Kier alpha value is -3.10. The Morgan fingerprint density at radius 3 is 1.57 bits per heavy atom. The van der Waals surface area contributed by atoms with E-state index in [9.17, 15) is 19.2 Å². The molecule has 1 aromatic rings. The number of benzene rings is 1. The number of amides is 4. The summed E-state index contributed by atoms with van der Waals surface area (Å²) in [6, 6.07) is 4.63. The Labute approximate surface area is 163 Å². The third kappa shape index (κ3) is 4.08. The quantitative estimate of drug-likeness (QED) is 0.332. The molecular formula is C19H27N5O4. The van der Waals surface area contributed by atoms with Crippen LogP contribution in [-0.4, -0.2) is 34.7 Å². The third-order valence-corrected chi connectivity index (χ3v) is 4.66. The molecule has 0 unspecified atom stereocenters. The summed E-state index contributed by atoms with van der Waals surface area (Å²) in [6.07, 6.45) is 0. The highest BCUT2D eigenvalue weighted by Gasteiger charge is 2.44. The molecule has 0 spiro atoms. The van der Waals surface area contributed by atoms with Crippen molar-refractivity contribution in [1.29, 1.82) is 0 Å². The van der Waals surface area contributed by atoms with Crippen molar-refractivity contribution in [2.24, 2.45) is 5.41 Å². The molecule has 2 rings (SSSR count). The van der Waals surface area contributed by atoms with E-state index >= 15 is 0 Å². The molecule has 0 atom stereocenters. The van der Waals surface area contributed by atoms with E-state index in [1.54, 1.807) is 12.1 Å². The average molecular weight is 389 g/mol. The molecule has 0 fully saturated rings. The maximum atomic E-state index is 12.8. The summed E-state index contributed by atoms with van der Waals surface area (Å²) in [7, 11) is 0. The van der Waals surface area contributed by atoms with Crippen LogP contribution in [0.1, 0.15) is 41.5 Å². The molecular weight excluding hydrogens is 362 g/mol. The van der Waals surface area contributed by atoms with Gasteiger partial charge >= 0.3 is 0 Å². The summed E-state index contributed by atoms with van der Waals surface area (Å²) in [5, 5.41) is 10.6. The van der Waals surface area contributed by atoms with Crippen molar-refractivity contribution in [3.63, 3.8) is 0 Å². The van der Waals surface area contributed by atoms with Crippen molar-refractivity contribution < 1.29 is 19.2 Å². The van der Waals surface area contributed by atoms with Gasteiger partial charge in [0.15, 0.2) is 0 Å². The number of carbonyl (C=O) groups excluding carboxylic acids is 4. The average Bonchev–Trinajstić information content (AvgIpc) is 2.55. The number of hydrogen-bond donors (Lipinski definition) is 5. The molecule has 28 heavy (non-hydrogen) atoms. The fraction of sp³-hybridized carbons (Fsp3) is 0.474. The zero-order valence-electron chi connectivity index (χ0n) is 16.9. The zero-order chi connectivity index (χ0) is 21.5. The van der Waals surface area contributed by atoms with Crippen LogP contribution in [0.2, 0.25) is 0 Å². The van der Waals surface area contributed by atoms with Crippen LogP contribution >= 0.6 is 0 Å². The molecule has 1 aliphatic heterocycles. The van der Waals surface area contributed by atoms with E-state index in [-0.39, 0.29) is 5.69 Å². The minimum absolute atomic E-state index is 0.279. The number of nitrogens with one attached hydrogen (secondary N) is 4. The molecule has 152 valence electrons. The van der Waals surface area contributed by atoms with Crippen molar-refractivity contribution in [2.75, 3.05) is 16.4 Å². The van der Waals surface area contributed by atoms with Gasteiger partial charge in [0.05, 0.1) is 11.4 Å². The van der Waals surface area contributed by atoms with Gasteiger partial charge in [0.2, 0.25) is 23.6 Å². The summed E-state index contributed by atoms with van der Waals surface area (Å²) in [5.41, 5.74) is 2.62. The predicted molar refractivity (Wildman–Crippen MR) is 106 cm³/mol. The normalized spacial score (nSPS) is 21.5. The lowest BCUT2D eigenvalue weighted by molar-refractivity contribution is -0.145. The van der Waals surface area contributed by atoms with E-state index in [0.717, 1.165) is 0 Å². The molecule has 0 saturated carbocycles. The second kappa shape index (κ2) is 6.81. The van der Waals surface area contributed by atoms with E-state index in [0.29, 0.717) is 11.4 Å². The van der Waals surface area contributed by atoms with E-state index in [1.807, 2.05) is 0 Å². The molecule has 1 aliphatic rings. The molecule has 9 nitrogen and oxygen atoms in total. The number of nitrogen functional groups attached to an aromatic ring is 1. The van der Waals surface area contributed by atoms with Crippen molar-refractivity contribution in [1.82, 2.24) is 10.6 Å². The lowest BCUT2D eigenvalue weighted by Crippen LogP contribution is -2.61. The van der Waals surface area contributed by atoms with Crippen molar-refractivity contribution in [3.8, 4) is 0 Å². The maximum absolute atomic E-state index is 12.8. The van der Waals surface area contributed by atoms with Crippen LogP contribution in [0.25, 0.3) is 0 Å². The molecule has 1 aromatic carbocycles. The van der Waals surface area contributed by atoms with Crippen LogP contribution < -0.4 is 27.0 Å². The summed E-state index contributed by atoms with van der Waals surface area (Å²) in [6.45, 7) is 8.93. The Bertz CT molecular complexity index is 858. The van der Waals surface area contributed by atoms with Crippen LogP contribution in [-0.2, 0) is 19.2 Å². The molecule has 0 saturated heterocycles. The third-order valence-electron chi connectivity index (χ3n) is 4.66. The minimum Gasteiger partial charge on any atom is -0.399 e. The number of carbonyl (C=O) groups is 4. The molecule has 0 bridgehead atoms. The lowest BCUT2D eigenvalue weighted by atomic mass is 9.88. The lowest BCUT2D eigenvalue weighted by Gasteiger charge is -2.32. The monoisotopic (exact) mass is 389 g/mol. The topological polar surface area (TPSA) is 142 Å². The van der Waals surface area contributed by atoms with Crippen LogP contribution in [0.5, 0.6) is 0 Å². The summed E-state index contributed by atoms with van der Waals surface area (Å²) in [4.78, 5) is 51.0. The minimum atomic E-state index is -1.51. The van der Waals surface area contributed by atoms with Gasteiger partial charge in [-0.2, -0.15) is 0 Å². The SMILES string of the molecule is CC1(C)NC(=O)C(C)(C)C(=O)NC(C)(C)C(=O)Nc2cc(N)ccc2NC1=O. The molecule has 1 heterocycles. The molecule has 4 amide bonds. The highest BCUT2D eigenvalue weighted by atomic mass is 16.2. The number of rotatable bonds is 0. The maximum Gasteiger partial charge on any atom is 0.249 e. The standard InChI is InChI=1S/C19H27N5O4/c1-17(2)13(25)23-18(3,4)15(27)21-11-8-7-10(20)9-12(11)22-16(28)19(5,6)24-14(17)26/h7-9H,20H2,1-6H3,(H,21,27)(H,22,28)(H,23,25)(H,24,26). The Morgan fingerprint density at radius 2 is 1.11 bits per heavy atom. The van der Waals surface area contributed by atoms with Gasteiger partial charge in [-0.25, -0.2) is 0 Å². The number of fused-ring (bicyclic) bond motifs is 1. The van der Waals surface area contributed by atoms with Gasteiger partial charge in [-0.05, 0) is 59.7 Å². The Morgan fingerprint density at radius 1 is 0.679 bits per heavy atom. The molecule has 6 N–H and O–H groups in total. The second-order valence-electron chi connectivity index (χ2n) is 8.50. The molecule has 0 aromatic heterocycles. The van der Waals surface area contributed by atoms with Crippen molar-refractivity contribution in [2.45, 2.75) is 52.6 Å². The smallest absolute Gasteiger partial charge is 0.249 e. The zero-order valence-corrected chi connectivity index (χ0v) is 16.9. The van der Waals surface area contributed by atoms with Crippen LogP contribution in [0.15, 0.2) is 18.2 Å². The first-order valence-corrected chi connectivity index (χ1v) is 8.84. The molecule has 0 aliphatic carbocycles.